The molecule has 4 nitrogen and oxygen atoms in total. The van der Waals surface area contributed by atoms with Gasteiger partial charge in [0.05, 0.1) is 13.5 Å². The Kier molecular flexibility index (Phi) is 6.48. The predicted octanol–water partition coefficient (Wildman–Crippen LogP) is 3.42. The second kappa shape index (κ2) is 8.83. The molecule has 0 radical (unpaired) electrons. The fraction of sp³-hybridized carbons (Fsp3) is 0.316. The molecule has 2 aromatic rings. The number of hydrogen-bond acceptors (Lipinski definition) is 4. The number of benzene rings is 2. The molecular formula is C19H22O4. The van der Waals surface area contributed by atoms with Gasteiger partial charge in [-0.3, -0.25) is 4.79 Å². The highest BCUT2D eigenvalue weighted by Gasteiger charge is 2.03. The summed E-state index contributed by atoms with van der Waals surface area (Å²) in [5, 5.41) is 0. The summed E-state index contributed by atoms with van der Waals surface area (Å²) >= 11 is 0. The first-order chi connectivity index (χ1) is 11.2. The molecule has 0 aliphatic heterocycles. The SMILES string of the molecule is CCc1cccc(OCCOc2ccc(CC(=O)OC)cc2)c1. The number of aryl methyl sites for hydroxylation is 1. The van der Waals surface area contributed by atoms with Crippen LogP contribution in [-0.4, -0.2) is 26.3 Å². The van der Waals surface area contributed by atoms with Gasteiger partial charge in [0.2, 0.25) is 0 Å². The average Bonchev–Trinajstić information content (AvgIpc) is 2.60. The molecule has 0 bridgehead atoms. The number of ether oxygens (including phenoxy) is 3. The van der Waals surface area contributed by atoms with Crippen molar-refractivity contribution in [3.05, 3.63) is 59.7 Å². The van der Waals surface area contributed by atoms with Crippen molar-refractivity contribution in [1.82, 2.24) is 0 Å². The van der Waals surface area contributed by atoms with Gasteiger partial charge in [-0.25, -0.2) is 0 Å². The maximum absolute atomic E-state index is 11.2. The van der Waals surface area contributed by atoms with Crippen LogP contribution in [0, 0.1) is 0 Å². The minimum Gasteiger partial charge on any atom is -0.490 e. The van der Waals surface area contributed by atoms with E-state index in [0.717, 1.165) is 23.5 Å². The average molecular weight is 314 g/mol. The van der Waals surface area contributed by atoms with Crippen LogP contribution >= 0.6 is 0 Å². The van der Waals surface area contributed by atoms with E-state index in [-0.39, 0.29) is 12.4 Å². The number of hydrogen-bond donors (Lipinski definition) is 0. The standard InChI is InChI=1S/C19H22O4/c1-3-15-5-4-6-18(13-15)23-12-11-22-17-9-7-16(8-10-17)14-19(20)21-2/h4-10,13H,3,11-12,14H2,1-2H3. The highest BCUT2D eigenvalue weighted by Crippen LogP contribution is 2.15. The van der Waals surface area contributed by atoms with Gasteiger partial charge in [-0.15, -0.1) is 0 Å². The monoisotopic (exact) mass is 314 g/mol. The molecule has 2 aromatic carbocycles. The normalized spacial score (nSPS) is 10.2. The summed E-state index contributed by atoms with van der Waals surface area (Å²) < 4.78 is 15.9. The zero-order valence-electron chi connectivity index (χ0n) is 13.6. The van der Waals surface area contributed by atoms with Crippen molar-refractivity contribution in [3.63, 3.8) is 0 Å². The van der Waals surface area contributed by atoms with Crippen LogP contribution in [0.5, 0.6) is 11.5 Å². The second-order valence-corrected chi connectivity index (χ2v) is 5.09. The molecule has 0 unspecified atom stereocenters. The van der Waals surface area contributed by atoms with E-state index in [1.807, 2.05) is 42.5 Å². The highest BCUT2D eigenvalue weighted by atomic mass is 16.5. The Hall–Kier alpha value is -2.49. The Morgan fingerprint density at radius 2 is 1.61 bits per heavy atom. The third-order valence-electron chi connectivity index (χ3n) is 3.43. The lowest BCUT2D eigenvalue weighted by Crippen LogP contribution is -2.09. The molecule has 0 aromatic heterocycles. The quantitative estimate of drug-likeness (QED) is 0.553. The van der Waals surface area contributed by atoms with E-state index in [9.17, 15) is 4.79 Å². The van der Waals surface area contributed by atoms with Crippen molar-refractivity contribution < 1.29 is 19.0 Å². The van der Waals surface area contributed by atoms with Crippen LogP contribution in [0.1, 0.15) is 18.1 Å². The summed E-state index contributed by atoms with van der Waals surface area (Å²) in [7, 11) is 1.38. The van der Waals surface area contributed by atoms with Gasteiger partial charge in [0, 0.05) is 0 Å². The molecule has 0 atom stereocenters. The molecule has 0 heterocycles. The first kappa shape index (κ1) is 16.9. The largest absolute Gasteiger partial charge is 0.490 e. The molecule has 122 valence electrons. The third kappa shape index (κ3) is 5.66. The molecule has 0 aliphatic carbocycles. The predicted molar refractivity (Wildman–Crippen MR) is 89.0 cm³/mol. The van der Waals surface area contributed by atoms with E-state index in [0.29, 0.717) is 13.2 Å². The highest BCUT2D eigenvalue weighted by molar-refractivity contribution is 5.72. The van der Waals surface area contributed by atoms with Gasteiger partial charge in [-0.05, 0) is 41.8 Å². The summed E-state index contributed by atoms with van der Waals surface area (Å²) in [4.78, 5) is 11.2. The molecule has 2 rings (SSSR count). The van der Waals surface area contributed by atoms with Crippen molar-refractivity contribution >= 4 is 5.97 Å². The van der Waals surface area contributed by atoms with Crippen LogP contribution < -0.4 is 9.47 Å². The number of carbonyl (C=O) groups is 1. The van der Waals surface area contributed by atoms with Crippen molar-refractivity contribution in [3.8, 4) is 11.5 Å². The van der Waals surface area contributed by atoms with Crippen LogP contribution in [0.2, 0.25) is 0 Å². The van der Waals surface area contributed by atoms with Crippen molar-refractivity contribution in [2.45, 2.75) is 19.8 Å². The van der Waals surface area contributed by atoms with Crippen LogP contribution in [0.25, 0.3) is 0 Å². The maximum Gasteiger partial charge on any atom is 0.309 e. The van der Waals surface area contributed by atoms with Gasteiger partial charge in [-0.1, -0.05) is 31.2 Å². The number of methoxy groups -OCH3 is 1. The van der Waals surface area contributed by atoms with E-state index < -0.39 is 0 Å². The molecular weight excluding hydrogens is 292 g/mol. The summed E-state index contributed by atoms with van der Waals surface area (Å²) in [6, 6.07) is 15.5. The fourth-order valence-corrected chi connectivity index (χ4v) is 2.12. The molecule has 0 aliphatic rings. The summed E-state index contributed by atoms with van der Waals surface area (Å²) in [5.74, 6) is 1.37. The van der Waals surface area contributed by atoms with Gasteiger partial charge >= 0.3 is 5.97 Å². The summed E-state index contributed by atoms with van der Waals surface area (Å²) in [6.45, 7) is 3.07. The molecule has 4 heteroatoms. The minimum atomic E-state index is -0.249. The Bertz CT molecular complexity index is 620. The molecule has 23 heavy (non-hydrogen) atoms. The first-order valence-electron chi connectivity index (χ1n) is 7.71. The smallest absolute Gasteiger partial charge is 0.309 e. The lowest BCUT2D eigenvalue weighted by molar-refractivity contribution is -0.139. The number of rotatable bonds is 8. The van der Waals surface area contributed by atoms with E-state index in [4.69, 9.17) is 9.47 Å². The topological polar surface area (TPSA) is 44.8 Å². The van der Waals surface area contributed by atoms with Gasteiger partial charge in [0.25, 0.3) is 0 Å². The molecule has 0 saturated carbocycles. The third-order valence-corrected chi connectivity index (χ3v) is 3.43. The molecule has 0 saturated heterocycles. The molecule has 0 fully saturated rings. The van der Waals surface area contributed by atoms with Gasteiger partial charge in [0.1, 0.15) is 24.7 Å². The van der Waals surface area contributed by atoms with Crippen molar-refractivity contribution in [1.29, 1.82) is 0 Å². The van der Waals surface area contributed by atoms with Crippen LogP contribution in [0.3, 0.4) is 0 Å². The number of esters is 1. The van der Waals surface area contributed by atoms with Gasteiger partial charge < -0.3 is 14.2 Å². The summed E-state index contributed by atoms with van der Waals surface area (Å²) in [5.41, 5.74) is 2.15. The zero-order valence-corrected chi connectivity index (χ0v) is 13.6. The Balaban J connectivity index is 1.74. The lowest BCUT2D eigenvalue weighted by Gasteiger charge is -2.09. The van der Waals surface area contributed by atoms with Crippen molar-refractivity contribution in [2.75, 3.05) is 20.3 Å². The van der Waals surface area contributed by atoms with Gasteiger partial charge in [-0.2, -0.15) is 0 Å². The first-order valence-corrected chi connectivity index (χ1v) is 7.71. The lowest BCUT2D eigenvalue weighted by atomic mass is 10.1. The maximum atomic E-state index is 11.2. The minimum absolute atomic E-state index is 0.249. The molecule has 0 amide bonds. The fourth-order valence-electron chi connectivity index (χ4n) is 2.12. The van der Waals surface area contributed by atoms with Gasteiger partial charge in [0.15, 0.2) is 0 Å². The second-order valence-electron chi connectivity index (χ2n) is 5.09. The Morgan fingerprint density at radius 1 is 0.913 bits per heavy atom. The van der Waals surface area contributed by atoms with Crippen LogP contribution in [-0.2, 0) is 22.4 Å². The molecule has 0 N–H and O–H groups in total. The Morgan fingerprint density at radius 3 is 2.26 bits per heavy atom. The van der Waals surface area contributed by atoms with Crippen molar-refractivity contribution in [2.24, 2.45) is 0 Å². The zero-order chi connectivity index (χ0) is 16.5. The van der Waals surface area contributed by atoms with Crippen LogP contribution in [0.4, 0.5) is 0 Å². The Labute approximate surface area is 137 Å². The van der Waals surface area contributed by atoms with E-state index >= 15 is 0 Å². The summed E-state index contributed by atoms with van der Waals surface area (Å²) in [6.07, 6.45) is 1.26. The van der Waals surface area contributed by atoms with Crippen LogP contribution in [0.15, 0.2) is 48.5 Å². The molecule has 0 spiro atoms. The van der Waals surface area contributed by atoms with E-state index in [1.54, 1.807) is 0 Å². The number of carbonyl (C=O) groups excluding carboxylic acids is 1. The van der Waals surface area contributed by atoms with E-state index in [1.165, 1.54) is 12.7 Å². The van der Waals surface area contributed by atoms with E-state index in [2.05, 4.69) is 17.7 Å².